The van der Waals surface area contributed by atoms with Gasteiger partial charge in [0.15, 0.2) is 17.4 Å². The number of methoxy groups -OCH3 is 1. The van der Waals surface area contributed by atoms with Crippen LogP contribution in [0.2, 0.25) is 0 Å². The highest BCUT2D eigenvalue weighted by atomic mass is 19.1. The van der Waals surface area contributed by atoms with Crippen LogP contribution >= 0.6 is 0 Å². The van der Waals surface area contributed by atoms with Crippen LogP contribution in [0.3, 0.4) is 0 Å². The second-order valence-electron chi connectivity index (χ2n) is 7.08. The number of allylic oxidation sites excluding steroid dienone is 2. The topological polar surface area (TPSA) is 78.4 Å². The molecule has 1 aromatic carbocycles. The van der Waals surface area contributed by atoms with Crippen molar-refractivity contribution in [3.8, 4) is 5.75 Å². The molecule has 158 valence electrons. The van der Waals surface area contributed by atoms with E-state index in [9.17, 15) is 9.18 Å². The molecular weight excluding hydrogens is 389 g/mol. The average molecular weight is 413 g/mol. The number of dihydropyridines is 1. The molecule has 30 heavy (non-hydrogen) atoms. The minimum atomic E-state index is -0.436. The van der Waals surface area contributed by atoms with Crippen molar-refractivity contribution in [2.75, 3.05) is 26.8 Å². The first-order chi connectivity index (χ1) is 14.6. The van der Waals surface area contributed by atoms with Crippen LogP contribution in [0.1, 0.15) is 12.0 Å². The van der Waals surface area contributed by atoms with Gasteiger partial charge in [-0.2, -0.15) is 5.10 Å². The van der Waals surface area contributed by atoms with Crippen molar-refractivity contribution in [2.24, 2.45) is 5.10 Å². The van der Waals surface area contributed by atoms with E-state index in [0.29, 0.717) is 31.1 Å². The molecule has 0 aliphatic carbocycles. The number of carbonyl (C=O) groups excluding carboxylic acids is 1. The maximum Gasteiger partial charge on any atom is 0.322 e. The van der Waals surface area contributed by atoms with Crippen molar-refractivity contribution in [3.05, 3.63) is 65.0 Å². The van der Waals surface area contributed by atoms with E-state index in [-0.39, 0.29) is 24.5 Å². The van der Waals surface area contributed by atoms with Crippen LogP contribution in [-0.2, 0) is 11.3 Å². The molecule has 0 saturated carbocycles. The minimum Gasteiger partial charge on any atom is -0.494 e. The van der Waals surface area contributed by atoms with E-state index in [4.69, 9.17) is 9.47 Å². The van der Waals surface area contributed by atoms with Gasteiger partial charge in [-0.15, -0.1) is 0 Å². The van der Waals surface area contributed by atoms with E-state index in [0.717, 1.165) is 17.6 Å². The summed E-state index contributed by atoms with van der Waals surface area (Å²) in [6.07, 6.45) is 6.09. The molecule has 0 radical (unpaired) electrons. The molecule has 8 nitrogen and oxygen atoms in total. The fourth-order valence-electron chi connectivity index (χ4n) is 3.80. The van der Waals surface area contributed by atoms with Gasteiger partial charge in [-0.25, -0.2) is 9.18 Å². The first-order valence-electron chi connectivity index (χ1n) is 9.71. The van der Waals surface area contributed by atoms with Gasteiger partial charge in [-0.1, -0.05) is 12.1 Å². The quantitative estimate of drug-likeness (QED) is 0.553. The highest BCUT2D eigenvalue weighted by Gasteiger charge is 2.35. The van der Waals surface area contributed by atoms with E-state index >= 15 is 0 Å². The molecule has 1 fully saturated rings. The Kier molecular flexibility index (Phi) is 5.60. The Morgan fingerprint density at radius 1 is 1.47 bits per heavy atom. The number of rotatable bonds is 6. The SMILES string of the molecule is C=NN/C=C1\CCOC2=C1C=CC(N1CCN(Cc3cccc(OC)c3F)C1=O)N2. The number of hydrogen-bond donors (Lipinski definition) is 2. The normalized spacial score (nSPS) is 22.0. The van der Waals surface area contributed by atoms with Crippen LogP contribution in [-0.4, -0.2) is 55.5 Å². The summed E-state index contributed by atoms with van der Waals surface area (Å²) in [4.78, 5) is 16.3. The molecule has 2 amide bonds. The van der Waals surface area contributed by atoms with Gasteiger partial charge in [-0.3, -0.25) is 10.3 Å². The summed E-state index contributed by atoms with van der Waals surface area (Å²) in [7, 11) is 1.42. The van der Waals surface area contributed by atoms with Crippen molar-refractivity contribution in [3.63, 3.8) is 0 Å². The summed E-state index contributed by atoms with van der Waals surface area (Å²) < 4.78 is 25.3. The van der Waals surface area contributed by atoms with Crippen molar-refractivity contribution >= 4 is 12.7 Å². The zero-order valence-electron chi connectivity index (χ0n) is 16.7. The molecule has 3 aliphatic heterocycles. The number of amides is 2. The summed E-state index contributed by atoms with van der Waals surface area (Å²) >= 11 is 0. The lowest BCUT2D eigenvalue weighted by atomic mass is 10.00. The second-order valence-corrected chi connectivity index (χ2v) is 7.08. The fourth-order valence-corrected chi connectivity index (χ4v) is 3.80. The highest BCUT2D eigenvalue weighted by Crippen LogP contribution is 2.29. The lowest BCUT2D eigenvalue weighted by Crippen LogP contribution is -2.48. The molecule has 1 atom stereocenters. The summed E-state index contributed by atoms with van der Waals surface area (Å²) in [6.45, 7) is 5.16. The largest absolute Gasteiger partial charge is 0.494 e. The van der Waals surface area contributed by atoms with Crippen molar-refractivity contribution < 1.29 is 18.7 Å². The Morgan fingerprint density at radius 2 is 2.33 bits per heavy atom. The monoisotopic (exact) mass is 413 g/mol. The highest BCUT2D eigenvalue weighted by molar-refractivity contribution is 5.77. The smallest absolute Gasteiger partial charge is 0.322 e. The van der Waals surface area contributed by atoms with Gasteiger partial charge >= 0.3 is 6.03 Å². The minimum absolute atomic E-state index is 0.160. The van der Waals surface area contributed by atoms with Crippen LogP contribution in [0.25, 0.3) is 0 Å². The number of hydrazone groups is 1. The lowest BCUT2D eigenvalue weighted by Gasteiger charge is -2.33. The number of urea groups is 1. The Bertz CT molecular complexity index is 943. The standard InChI is InChI=1S/C21H24FN5O3/c1-23-24-12-14-8-11-30-20-16(14)6-7-18(25-20)27-10-9-26(21(27)28)13-15-4-3-5-17(29-2)19(15)22/h3-7,12,18,24-25H,1,8-11,13H2,2H3/b14-12+. The summed E-state index contributed by atoms with van der Waals surface area (Å²) in [5.41, 5.74) is 5.16. The van der Waals surface area contributed by atoms with E-state index in [2.05, 4.69) is 22.6 Å². The first kappa shape index (κ1) is 19.8. The van der Waals surface area contributed by atoms with Crippen molar-refractivity contribution in [2.45, 2.75) is 19.1 Å². The van der Waals surface area contributed by atoms with Crippen LogP contribution in [0.5, 0.6) is 5.75 Å². The van der Waals surface area contributed by atoms with Gasteiger partial charge in [0.2, 0.25) is 0 Å². The van der Waals surface area contributed by atoms with Crippen molar-refractivity contribution in [1.29, 1.82) is 0 Å². The molecule has 3 aliphatic rings. The fraction of sp³-hybridized carbons (Fsp3) is 0.333. The van der Waals surface area contributed by atoms with Gasteiger partial charge in [0.1, 0.15) is 6.17 Å². The van der Waals surface area contributed by atoms with E-state index in [1.54, 1.807) is 34.2 Å². The number of ether oxygens (including phenoxy) is 2. The zero-order chi connectivity index (χ0) is 21.1. The Morgan fingerprint density at radius 3 is 3.13 bits per heavy atom. The van der Waals surface area contributed by atoms with E-state index in [1.807, 2.05) is 12.2 Å². The maximum absolute atomic E-state index is 14.5. The molecule has 2 N–H and O–H groups in total. The number of hydrogen-bond acceptors (Lipinski definition) is 6. The number of nitrogens with zero attached hydrogens (tertiary/aromatic N) is 3. The van der Waals surface area contributed by atoms with Crippen LogP contribution in [0.15, 0.2) is 58.7 Å². The molecule has 0 aromatic heterocycles. The average Bonchev–Trinajstić information content (AvgIpc) is 3.13. The number of carbonyl (C=O) groups is 1. The van der Waals surface area contributed by atoms with Gasteiger partial charge < -0.3 is 19.7 Å². The first-order valence-corrected chi connectivity index (χ1v) is 9.71. The molecule has 3 heterocycles. The van der Waals surface area contributed by atoms with Gasteiger partial charge in [-0.05, 0) is 23.8 Å². The third-order valence-electron chi connectivity index (χ3n) is 5.35. The Balaban J connectivity index is 1.45. The van der Waals surface area contributed by atoms with Crippen LogP contribution in [0.4, 0.5) is 9.18 Å². The Labute approximate surface area is 174 Å². The lowest BCUT2D eigenvalue weighted by molar-refractivity contribution is 0.144. The van der Waals surface area contributed by atoms with Gasteiger partial charge in [0, 0.05) is 43.6 Å². The van der Waals surface area contributed by atoms with Gasteiger partial charge in [0.25, 0.3) is 0 Å². The number of halogens is 1. The number of benzene rings is 1. The molecular formula is C21H24FN5O3. The molecule has 1 aromatic rings. The molecule has 1 unspecified atom stereocenters. The zero-order valence-corrected chi connectivity index (χ0v) is 16.7. The maximum atomic E-state index is 14.5. The van der Waals surface area contributed by atoms with Crippen LogP contribution < -0.4 is 15.5 Å². The molecule has 9 heteroatoms. The molecule has 0 bridgehead atoms. The number of nitrogens with one attached hydrogen (secondary N) is 2. The Hall–Kier alpha value is -3.49. The van der Waals surface area contributed by atoms with E-state index < -0.39 is 5.82 Å². The van der Waals surface area contributed by atoms with E-state index in [1.165, 1.54) is 7.11 Å². The second kappa shape index (κ2) is 8.48. The summed E-state index contributed by atoms with van der Waals surface area (Å²) in [5.74, 6) is 0.372. The molecule has 0 spiro atoms. The summed E-state index contributed by atoms with van der Waals surface area (Å²) in [5, 5.41) is 6.93. The van der Waals surface area contributed by atoms with Gasteiger partial charge in [0.05, 0.1) is 20.3 Å². The third kappa shape index (κ3) is 3.70. The van der Waals surface area contributed by atoms with Crippen molar-refractivity contribution in [1.82, 2.24) is 20.5 Å². The third-order valence-corrected chi connectivity index (χ3v) is 5.35. The molecule has 1 saturated heterocycles. The summed E-state index contributed by atoms with van der Waals surface area (Å²) in [6, 6.07) is 4.79. The predicted octanol–water partition coefficient (Wildman–Crippen LogP) is 2.28. The molecule has 4 rings (SSSR count). The predicted molar refractivity (Wildman–Crippen MR) is 110 cm³/mol. The van der Waals surface area contributed by atoms with Crippen LogP contribution in [0, 0.1) is 5.82 Å².